The summed E-state index contributed by atoms with van der Waals surface area (Å²) in [4.78, 5) is 14.6. The Kier molecular flexibility index (Phi) is 7.33. The van der Waals surface area contributed by atoms with E-state index in [4.69, 9.17) is 27.3 Å². The fourth-order valence-electron chi connectivity index (χ4n) is 2.58. The maximum absolute atomic E-state index is 13.0. The average molecular weight is 434 g/mol. The first-order valence-corrected chi connectivity index (χ1v) is 10.6. The summed E-state index contributed by atoms with van der Waals surface area (Å²) in [6.45, 7) is 0.446. The average Bonchev–Trinajstić information content (AvgIpc) is 2.65. The molecule has 2 aromatic carbocycles. The first-order valence-electron chi connectivity index (χ1n) is 8.38. The van der Waals surface area contributed by atoms with Crippen molar-refractivity contribution in [2.45, 2.75) is 0 Å². The quantitative estimate of drug-likeness (QED) is 0.296. The maximum Gasteiger partial charge on any atom is 0.262 e. The smallest absolute Gasteiger partial charge is 0.262 e. The van der Waals surface area contributed by atoms with Crippen LogP contribution in [0.5, 0.6) is 0 Å². The summed E-state index contributed by atoms with van der Waals surface area (Å²) >= 11 is 5.88. The third kappa shape index (κ3) is 6.86. The molecule has 1 aliphatic heterocycles. The molecule has 0 radical (unpaired) electrons. The van der Waals surface area contributed by atoms with Gasteiger partial charge in [-0.1, -0.05) is 54.1 Å². The monoisotopic (exact) mass is 433 g/mol. The number of anilines is 1. The van der Waals surface area contributed by atoms with E-state index in [2.05, 4.69) is 0 Å². The predicted octanol–water partition coefficient (Wildman–Crippen LogP) is 3.22. The molecule has 1 amide bonds. The van der Waals surface area contributed by atoms with Gasteiger partial charge >= 0.3 is 0 Å². The molecular formula is C20H20ClN3O4S. The van der Waals surface area contributed by atoms with Crippen LogP contribution >= 0.6 is 11.6 Å². The third-order valence-electron chi connectivity index (χ3n) is 3.76. The van der Waals surface area contributed by atoms with Crippen LogP contribution in [0.15, 0.2) is 60.2 Å². The predicted molar refractivity (Wildman–Crippen MR) is 117 cm³/mol. The van der Waals surface area contributed by atoms with Crippen LogP contribution in [0.1, 0.15) is 11.1 Å². The molecule has 152 valence electrons. The van der Waals surface area contributed by atoms with Gasteiger partial charge in [0, 0.05) is 11.6 Å². The molecule has 4 N–H and O–H groups in total. The zero-order valence-electron chi connectivity index (χ0n) is 15.5. The van der Waals surface area contributed by atoms with Crippen molar-refractivity contribution in [1.29, 1.82) is 5.41 Å². The number of rotatable bonds is 3. The number of benzene rings is 2. The van der Waals surface area contributed by atoms with Gasteiger partial charge in [-0.15, -0.1) is 0 Å². The number of hydrogen-bond donors (Lipinski definition) is 3. The second kappa shape index (κ2) is 9.51. The number of carbonyl (C=O) groups excluding carboxylic acids is 1. The molecule has 3 rings (SSSR count). The van der Waals surface area contributed by atoms with Gasteiger partial charge < -0.3 is 10.6 Å². The summed E-state index contributed by atoms with van der Waals surface area (Å²) in [6, 6.07) is 14.7. The van der Waals surface area contributed by atoms with Crippen molar-refractivity contribution in [3.8, 4) is 0 Å². The molecule has 29 heavy (non-hydrogen) atoms. The maximum atomic E-state index is 13.0. The molecule has 0 saturated heterocycles. The fourth-order valence-corrected chi connectivity index (χ4v) is 2.70. The van der Waals surface area contributed by atoms with Crippen molar-refractivity contribution >= 4 is 51.3 Å². The highest BCUT2D eigenvalue weighted by Gasteiger charge is 2.24. The highest BCUT2D eigenvalue weighted by molar-refractivity contribution is 7.85. The summed E-state index contributed by atoms with van der Waals surface area (Å²) in [5.74, 6) is -0.559. The summed E-state index contributed by atoms with van der Waals surface area (Å²) in [7, 11) is -3.67. The number of fused-ring (bicyclic) bond motifs is 1. The van der Waals surface area contributed by atoms with E-state index in [9.17, 15) is 13.2 Å². The molecule has 1 heterocycles. The van der Waals surface area contributed by atoms with Crippen LogP contribution < -0.4 is 10.6 Å². The summed E-state index contributed by atoms with van der Waals surface area (Å²) in [5, 5.41) is 8.40. The molecular weight excluding hydrogens is 414 g/mol. The molecule has 0 aliphatic carbocycles. The topological polar surface area (TPSA) is 125 Å². The summed E-state index contributed by atoms with van der Waals surface area (Å²) < 4.78 is 25.9. The number of halogens is 1. The number of nitrogens with zero attached hydrogens (tertiary/aromatic N) is 1. The molecule has 9 heteroatoms. The van der Waals surface area contributed by atoms with Crippen molar-refractivity contribution < 1.29 is 17.8 Å². The minimum atomic E-state index is -3.67. The van der Waals surface area contributed by atoms with E-state index in [1.165, 1.54) is 0 Å². The molecule has 0 atom stereocenters. The lowest BCUT2D eigenvalue weighted by Crippen LogP contribution is -2.37. The minimum Gasteiger partial charge on any atom is -0.384 e. The van der Waals surface area contributed by atoms with Crippen LogP contribution in [0.4, 0.5) is 5.69 Å². The Hall–Kier alpha value is -2.94. The summed E-state index contributed by atoms with van der Waals surface area (Å²) in [6.07, 6.45) is 6.23. The SMILES string of the molecule is CS(=O)(=O)O.N=C(N)C(=Cc1ccc(Cl)cc1)C(=O)N1CC=Cc2ccccc21. The molecule has 1 aliphatic rings. The number of nitrogens with two attached hydrogens (primary N) is 1. The molecule has 0 unspecified atom stereocenters. The van der Waals surface area contributed by atoms with Crippen LogP contribution in [0, 0.1) is 5.41 Å². The fraction of sp³-hybridized carbons (Fsp3) is 0.100. The van der Waals surface area contributed by atoms with Gasteiger partial charge in [-0.3, -0.25) is 14.8 Å². The van der Waals surface area contributed by atoms with Crippen molar-refractivity contribution in [3.05, 3.63) is 76.3 Å². The van der Waals surface area contributed by atoms with Crippen LogP contribution in [-0.2, 0) is 14.9 Å². The minimum absolute atomic E-state index is 0.155. The first kappa shape index (κ1) is 22.4. The van der Waals surface area contributed by atoms with Gasteiger partial charge in [-0.05, 0) is 35.4 Å². The second-order valence-corrected chi connectivity index (χ2v) is 8.04. The van der Waals surface area contributed by atoms with Gasteiger partial charge in [-0.2, -0.15) is 8.42 Å². The van der Waals surface area contributed by atoms with E-state index < -0.39 is 10.1 Å². The molecule has 0 bridgehead atoms. The van der Waals surface area contributed by atoms with Crippen LogP contribution in [-0.4, -0.2) is 37.5 Å². The van der Waals surface area contributed by atoms with E-state index >= 15 is 0 Å². The molecule has 0 fully saturated rings. The van der Waals surface area contributed by atoms with Crippen LogP contribution in [0.25, 0.3) is 12.2 Å². The lowest BCUT2D eigenvalue weighted by molar-refractivity contribution is -0.114. The Bertz CT molecular complexity index is 1070. The van der Waals surface area contributed by atoms with Gasteiger partial charge in [0.2, 0.25) is 0 Å². The highest BCUT2D eigenvalue weighted by atomic mass is 35.5. The van der Waals surface area contributed by atoms with Gasteiger partial charge in [0.25, 0.3) is 16.0 Å². The van der Waals surface area contributed by atoms with Crippen LogP contribution in [0.2, 0.25) is 5.02 Å². The second-order valence-electron chi connectivity index (χ2n) is 6.13. The van der Waals surface area contributed by atoms with Crippen molar-refractivity contribution in [2.24, 2.45) is 5.73 Å². The van der Waals surface area contributed by atoms with E-state index in [1.807, 2.05) is 36.4 Å². The Morgan fingerprint density at radius 2 is 1.79 bits per heavy atom. The normalized spacial score (nSPS) is 13.2. The Morgan fingerprint density at radius 3 is 2.38 bits per heavy atom. The Balaban J connectivity index is 0.000000537. The number of nitrogens with one attached hydrogen (secondary N) is 1. The Labute approximate surface area is 174 Å². The van der Waals surface area contributed by atoms with Gasteiger partial charge in [0.15, 0.2) is 0 Å². The van der Waals surface area contributed by atoms with E-state index in [1.54, 1.807) is 35.2 Å². The highest BCUT2D eigenvalue weighted by Crippen LogP contribution is 2.27. The molecule has 0 aromatic heterocycles. The molecule has 0 spiro atoms. The number of amidine groups is 1. The van der Waals surface area contributed by atoms with E-state index in [-0.39, 0.29) is 17.3 Å². The van der Waals surface area contributed by atoms with Crippen molar-refractivity contribution in [2.75, 3.05) is 17.7 Å². The molecule has 2 aromatic rings. The van der Waals surface area contributed by atoms with E-state index in [0.717, 1.165) is 16.8 Å². The van der Waals surface area contributed by atoms with Gasteiger partial charge in [0.05, 0.1) is 17.5 Å². The third-order valence-corrected chi connectivity index (χ3v) is 4.01. The lowest BCUT2D eigenvalue weighted by atomic mass is 10.0. The summed E-state index contributed by atoms with van der Waals surface area (Å²) in [5.41, 5.74) is 8.36. The Morgan fingerprint density at radius 1 is 1.21 bits per heavy atom. The molecule has 0 saturated carbocycles. The number of amides is 1. The number of para-hydroxylation sites is 1. The number of carbonyl (C=O) groups is 1. The van der Waals surface area contributed by atoms with Crippen molar-refractivity contribution in [3.63, 3.8) is 0 Å². The van der Waals surface area contributed by atoms with Crippen molar-refractivity contribution in [1.82, 2.24) is 0 Å². The van der Waals surface area contributed by atoms with Gasteiger partial charge in [0.1, 0.15) is 5.84 Å². The number of hydrogen-bond acceptors (Lipinski definition) is 4. The largest absolute Gasteiger partial charge is 0.384 e. The zero-order chi connectivity index (χ0) is 21.6. The van der Waals surface area contributed by atoms with Gasteiger partial charge in [-0.25, -0.2) is 0 Å². The molecule has 7 nitrogen and oxygen atoms in total. The zero-order valence-corrected chi connectivity index (χ0v) is 17.1. The van der Waals surface area contributed by atoms with E-state index in [0.29, 0.717) is 17.8 Å². The standard InChI is InChI=1S/C19H16ClN3O.CH4O3S/c20-15-9-7-13(8-10-15)12-16(18(21)22)19(24)23-11-3-5-14-4-1-2-6-17(14)23;1-5(2,3)4/h1-10,12H,11H2,(H3,21,22);1H3,(H,2,3,4). The lowest BCUT2D eigenvalue weighted by Gasteiger charge is -2.27. The first-order chi connectivity index (χ1) is 13.6. The van der Waals surface area contributed by atoms with Crippen LogP contribution in [0.3, 0.4) is 0 Å².